The second-order valence-corrected chi connectivity index (χ2v) is 8.45. The molecule has 0 spiro atoms. The molecule has 1 aliphatic carbocycles. The van der Waals surface area contributed by atoms with Gasteiger partial charge in [0.2, 0.25) is 6.29 Å². The predicted molar refractivity (Wildman–Crippen MR) is 119 cm³/mol. The summed E-state index contributed by atoms with van der Waals surface area (Å²) >= 11 is 0. The maximum Gasteiger partial charge on any atom is 0.286 e. The Morgan fingerprint density at radius 3 is 2.45 bits per heavy atom. The van der Waals surface area contributed by atoms with Gasteiger partial charge in [0.15, 0.2) is 5.76 Å². The van der Waals surface area contributed by atoms with Crippen molar-refractivity contribution in [2.45, 2.75) is 51.6 Å². The van der Waals surface area contributed by atoms with E-state index in [4.69, 9.17) is 9.47 Å². The molecule has 4 rings (SSSR count). The first-order valence-corrected chi connectivity index (χ1v) is 11.2. The summed E-state index contributed by atoms with van der Waals surface area (Å²) < 4.78 is 12.0. The number of allylic oxidation sites excluding steroid dienone is 1. The van der Waals surface area contributed by atoms with Crippen LogP contribution in [0.15, 0.2) is 66.4 Å². The fourth-order valence-corrected chi connectivity index (χ4v) is 4.12. The van der Waals surface area contributed by atoms with E-state index in [2.05, 4.69) is 17.4 Å². The first-order chi connectivity index (χ1) is 15.2. The number of hydrogen-bond donors (Lipinski definition) is 2. The quantitative estimate of drug-likeness (QED) is 0.640. The van der Waals surface area contributed by atoms with Crippen molar-refractivity contribution >= 4 is 5.91 Å². The van der Waals surface area contributed by atoms with Crippen molar-refractivity contribution in [3.05, 3.63) is 83.1 Å². The van der Waals surface area contributed by atoms with Gasteiger partial charge in [-0.25, -0.2) is 0 Å². The highest BCUT2D eigenvalue weighted by Gasteiger charge is 2.34. The lowest BCUT2D eigenvalue weighted by Crippen LogP contribution is -2.36. The maximum atomic E-state index is 12.8. The van der Waals surface area contributed by atoms with Crippen LogP contribution in [0, 0.1) is 11.8 Å². The third kappa shape index (κ3) is 5.96. The monoisotopic (exact) mass is 421 g/mol. The molecule has 2 aromatic rings. The largest absolute Gasteiger partial charge is 0.459 e. The van der Waals surface area contributed by atoms with E-state index in [1.165, 1.54) is 24.8 Å². The van der Waals surface area contributed by atoms with Crippen LogP contribution in [0.2, 0.25) is 0 Å². The highest BCUT2D eigenvalue weighted by atomic mass is 16.7. The van der Waals surface area contributed by atoms with Crippen molar-refractivity contribution in [1.82, 2.24) is 5.32 Å². The van der Waals surface area contributed by atoms with Crippen LogP contribution < -0.4 is 5.32 Å². The summed E-state index contributed by atoms with van der Waals surface area (Å²) in [5, 5.41) is 12.2. The lowest BCUT2D eigenvalue weighted by atomic mass is 9.73. The first-order valence-electron chi connectivity index (χ1n) is 11.2. The van der Waals surface area contributed by atoms with Gasteiger partial charge in [0, 0.05) is 13.0 Å². The van der Waals surface area contributed by atoms with Crippen LogP contribution in [0.4, 0.5) is 0 Å². The minimum absolute atomic E-state index is 0.0312. The number of rotatable bonds is 9. The third-order valence-electron chi connectivity index (χ3n) is 6.25. The molecule has 1 heterocycles. The summed E-state index contributed by atoms with van der Waals surface area (Å²) in [7, 11) is 0. The molecule has 1 amide bonds. The third-order valence-corrected chi connectivity index (χ3v) is 6.25. The van der Waals surface area contributed by atoms with Crippen LogP contribution >= 0.6 is 0 Å². The molecular weight excluding hydrogens is 390 g/mol. The normalized spacial score (nSPS) is 21.0. The number of aliphatic hydroxyl groups excluding tert-OH is 1. The molecule has 2 N–H and O–H groups in total. The Bertz CT molecular complexity index is 874. The SMILES string of the molecule is O=C(NCCc1ccccc1)C1=C[C@@H](C2CCC2)C[C@@H](OCc2ccc(CO)cc2)O1. The van der Waals surface area contributed by atoms with Crippen LogP contribution in [0.1, 0.15) is 42.4 Å². The molecule has 0 saturated heterocycles. The molecule has 5 nitrogen and oxygen atoms in total. The first kappa shape index (κ1) is 21.6. The van der Waals surface area contributed by atoms with Crippen LogP contribution in [0.5, 0.6) is 0 Å². The number of carbonyl (C=O) groups is 1. The molecule has 0 aromatic heterocycles. The molecule has 0 bridgehead atoms. The van der Waals surface area contributed by atoms with Crippen LogP contribution in [0.25, 0.3) is 0 Å². The van der Waals surface area contributed by atoms with Crippen molar-refractivity contribution in [3.8, 4) is 0 Å². The Kier molecular flexibility index (Phi) is 7.39. The molecule has 5 heteroatoms. The maximum absolute atomic E-state index is 12.8. The highest BCUT2D eigenvalue weighted by Crippen LogP contribution is 2.40. The van der Waals surface area contributed by atoms with Gasteiger partial charge in [-0.3, -0.25) is 4.79 Å². The molecule has 31 heavy (non-hydrogen) atoms. The van der Waals surface area contributed by atoms with E-state index in [1.54, 1.807) is 0 Å². The van der Waals surface area contributed by atoms with E-state index >= 15 is 0 Å². The van der Waals surface area contributed by atoms with Crippen molar-refractivity contribution in [2.75, 3.05) is 6.54 Å². The summed E-state index contributed by atoms with van der Waals surface area (Å²) in [4.78, 5) is 12.8. The van der Waals surface area contributed by atoms with Crippen LogP contribution in [-0.4, -0.2) is 23.8 Å². The van der Waals surface area contributed by atoms with Gasteiger partial charge in [-0.2, -0.15) is 0 Å². The standard InChI is InChI=1S/C26H31NO4/c28-17-20-9-11-21(12-10-20)18-30-25-16-23(22-7-4-8-22)15-24(31-25)26(29)27-14-13-19-5-2-1-3-6-19/h1-3,5-6,9-12,15,22-23,25,28H,4,7-8,13-14,16-18H2,(H,27,29)/t23-,25+/m1/s1. The molecule has 164 valence electrons. The van der Waals surface area contributed by atoms with Gasteiger partial charge in [0.05, 0.1) is 13.2 Å². The van der Waals surface area contributed by atoms with E-state index in [9.17, 15) is 9.90 Å². The molecule has 1 saturated carbocycles. The number of aliphatic hydroxyl groups is 1. The van der Waals surface area contributed by atoms with E-state index in [1.807, 2.05) is 48.5 Å². The molecule has 2 aliphatic rings. The Balaban J connectivity index is 1.33. The summed E-state index contributed by atoms with van der Waals surface area (Å²) in [5.74, 6) is 1.16. The number of hydrogen-bond acceptors (Lipinski definition) is 4. The van der Waals surface area contributed by atoms with E-state index in [0.29, 0.717) is 30.7 Å². The summed E-state index contributed by atoms with van der Waals surface area (Å²) in [5.41, 5.74) is 3.09. The number of nitrogens with one attached hydrogen (secondary N) is 1. The van der Waals surface area contributed by atoms with E-state index in [0.717, 1.165) is 24.0 Å². The molecular formula is C26H31NO4. The molecule has 0 radical (unpaired) electrons. The van der Waals surface area contributed by atoms with E-state index in [-0.39, 0.29) is 12.5 Å². The van der Waals surface area contributed by atoms with Crippen molar-refractivity contribution in [3.63, 3.8) is 0 Å². The molecule has 2 aromatic carbocycles. The van der Waals surface area contributed by atoms with Crippen molar-refractivity contribution in [1.29, 1.82) is 0 Å². The van der Waals surface area contributed by atoms with Gasteiger partial charge in [-0.1, -0.05) is 61.0 Å². The second-order valence-electron chi connectivity index (χ2n) is 8.45. The van der Waals surface area contributed by atoms with Gasteiger partial charge in [-0.05, 0) is 53.9 Å². The fourth-order valence-electron chi connectivity index (χ4n) is 4.12. The summed E-state index contributed by atoms with van der Waals surface area (Å²) in [6.07, 6.45) is 6.83. The van der Waals surface area contributed by atoms with Crippen molar-refractivity contribution < 1.29 is 19.4 Å². The number of carbonyl (C=O) groups excluding carboxylic acids is 1. The zero-order valence-electron chi connectivity index (χ0n) is 17.8. The topological polar surface area (TPSA) is 67.8 Å². The predicted octanol–water partition coefficient (Wildman–Crippen LogP) is 4.10. The molecule has 1 fully saturated rings. The van der Waals surface area contributed by atoms with Gasteiger partial charge in [-0.15, -0.1) is 0 Å². The molecule has 1 aliphatic heterocycles. The summed E-state index contributed by atoms with van der Waals surface area (Å²) in [6.45, 7) is 1.01. The zero-order chi connectivity index (χ0) is 21.5. The second kappa shape index (κ2) is 10.6. The van der Waals surface area contributed by atoms with Gasteiger partial charge < -0.3 is 19.9 Å². The fraction of sp³-hybridized carbons (Fsp3) is 0.423. The Morgan fingerprint density at radius 1 is 1.03 bits per heavy atom. The van der Waals surface area contributed by atoms with Gasteiger partial charge in [0.1, 0.15) is 0 Å². The average molecular weight is 422 g/mol. The average Bonchev–Trinajstić information content (AvgIpc) is 2.77. The molecule has 0 unspecified atom stereocenters. The molecule has 2 atom stereocenters. The lowest BCUT2D eigenvalue weighted by molar-refractivity contribution is -0.156. The van der Waals surface area contributed by atoms with Crippen molar-refractivity contribution in [2.24, 2.45) is 11.8 Å². The Hall–Kier alpha value is -2.63. The Morgan fingerprint density at radius 2 is 1.77 bits per heavy atom. The number of amides is 1. The minimum Gasteiger partial charge on any atom is -0.459 e. The lowest BCUT2D eigenvalue weighted by Gasteiger charge is -2.37. The van der Waals surface area contributed by atoms with E-state index < -0.39 is 6.29 Å². The van der Waals surface area contributed by atoms with Gasteiger partial charge >= 0.3 is 0 Å². The number of benzene rings is 2. The van der Waals surface area contributed by atoms with Crippen LogP contribution in [0.3, 0.4) is 0 Å². The van der Waals surface area contributed by atoms with Gasteiger partial charge in [0.25, 0.3) is 5.91 Å². The Labute approximate surface area is 184 Å². The smallest absolute Gasteiger partial charge is 0.286 e. The minimum atomic E-state index is -0.428. The number of ether oxygens (including phenoxy) is 2. The summed E-state index contributed by atoms with van der Waals surface area (Å²) in [6, 6.07) is 17.8. The van der Waals surface area contributed by atoms with Crippen LogP contribution in [-0.2, 0) is 33.9 Å². The highest BCUT2D eigenvalue weighted by molar-refractivity contribution is 5.91. The zero-order valence-corrected chi connectivity index (χ0v) is 17.8.